The van der Waals surface area contributed by atoms with Gasteiger partial charge in [-0.15, -0.1) is 0 Å². The van der Waals surface area contributed by atoms with Crippen molar-refractivity contribution in [2.24, 2.45) is 0 Å². The third-order valence-electron chi connectivity index (χ3n) is 2.93. The quantitative estimate of drug-likeness (QED) is 0.726. The molecule has 0 bridgehead atoms. The molecule has 0 saturated heterocycles. The van der Waals surface area contributed by atoms with Crippen molar-refractivity contribution in [2.45, 2.75) is 6.92 Å². The highest BCUT2D eigenvalue weighted by atomic mass is 19.1. The third-order valence-corrected chi connectivity index (χ3v) is 2.93. The van der Waals surface area contributed by atoms with Crippen molar-refractivity contribution >= 4 is 10.8 Å². The molecule has 2 heterocycles. The van der Waals surface area contributed by atoms with Gasteiger partial charge in [0.05, 0.1) is 5.69 Å². The molecule has 0 aliphatic heterocycles. The molecule has 19 heavy (non-hydrogen) atoms. The number of nitrogens with zero attached hydrogens (tertiary/aromatic N) is 2. The number of aromatic nitrogens is 3. The fourth-order valence-corrected chi connectivity index (χ4v) is 1.99. The molecule has 0 fully saturated rings. The molecular formula is C14H10FN3O. The second-order valence-electron chi connectivity index (χ2n) is 4.19. The van der Waals surface area contributed by atoms with Gasteiger partial charge in [-0.3, -0.25) is 9.78 Å². The fraction of sp³-hybridized carbons (Fsp3) is 0.0714. The maximum absolute atomic E-state index is 13.3. The Balaban J connectivity index is 2.34. The van der Waals surface area contributed by atoms with Gasteiger partial charge < -0.3 is 4.98 Å². The Kier molecular flexibility index (Phi) is 2.59. The molecule has 1 N–H and O–H groups in total. The normalized spacial score (nSPS) is 10.8. The molecule has 2 aromatic heterocycles. The minimum absolute atomic E-state index is 0.0634. The summed E-state index contributed by atoms with van der Waals surface area (Å²) >= 11 is 0. The largest absolute Gasteiger partial charge is 0.303 e. The molecule has 3 rings (SSSR count). The van der Waals surface area contributed by atoms with E-state index in [4.69, 9.17) is 0 Å². The Hall–Kier alpha value is -2.56. The smallest absolute Gasteiger partial charge is 0.287 e. The maximum atomic E-state index is 13.3. The maximum Gasteiger partial charge on any atom is 0.287 e. The van der Waals surface area contributed by atoms with Crippen LogP contribution < -0.4 is 5.56 Å². The lowest BCUT2D eigenvalue weighted by Crippen LogP contribution is -2.15. The van der Waals surface area contributed by atoms with Gasteiger partial charge in [-0.2, -0.15) is 4.39 Å². The summed E-state index contributed by atoms with van der Waals surface area (Å²) in [6, 6.07) is 9.48. The van der Waals surface area contributed by atoms with Crippen LogP contribution in [0.5, 0.6) is 0 Å². The Morgan fingerprint density at radius 2 is 2.00 bits per heavy atom. The van der Waals surface area contributed by atoms with E-state index < -0.39 is 11.4 Å². The summed E-state index contributed by atoms with van der Waals surface area (Å²) in [5.41, 5.74) is -0.177. The Bertz CT molecular complexity index is 821. The Morgan fingerprint density at radius 1 is 1.21 bits per heavy atom. The number of halogens is 1. The zero-order chi connectivity index (χ0) is 13.4. The summed E-state index contributed by atoms with van der Waals surface area (Å²) in [6.45, 7) is 1.46. The van der Waals surface area contributed by atoms with Gasteiger partial charge in [0.2, 0.25) is 5.82 Å². The molecule has 3 aromatic rings. The highest BCUT2D eigenvalue weighted by molar-refractivity contribution is 5.92. The van der Waals surface area contributed by atoms with Crippen LogP contribution in [0.2, 0.25) is 0 Å². The summed E-state index contributed by atoms with van der Waals surface area (Å²) in [6.07, 6.45) is 1.64. The second-order valence-corrected chi connectivity index (χ2v) is 4.19. The number of hydrogen-bond donors (Lipinski definition) is 1. The Labute approximate surface area is 108 Å². The van der Waals surface area contributed by atoms with Crippen LogP contribution >= 0.6 is 0 Å². The van der Waals surface area contributed by atoms with E-state index in [1.165, 1.54) is 6.92 Å². The van der Waals surface area contributed by atoms with Crippen molar-refractivity contribution < 1.29 is 4.39 Å². The van der Waals surface area contributed by atoms with Crippen LogP contribution in [0.4, 0.5) is 4.39 Å². The van der Waals surface area contributed by atoms with Crippen molar-refractivity contribution in [2.75, 3.05) is 0 Å². The van der Waals surface area contributed by atoms with E-state index in [-0.39, 0.29) is 11.5 Å². The topological polar surface area (TPSA) is 58.6 Å². The highest BCUT2D eigenvalue weighted by Gasteiger charge is 2.11. The van der Waals surface area contributed by atoms with Crippen LogP contribution in [0.15, 0.2) is 41.3 Å². The van der Waals surface area contributed by atoms with Gasteiger partial charge in [0.15, 0.2) is 5.82 Å². The zero-order valence-electron chi connectivity index (χ0n) is 10.1. The molecule has 0 amide bonds. The lowest BCUT2D eigenvalue weighted by Gasteiger charge is -2.05. The van der Waals surface area contributed by atoms with E-state index in [2.05, 4.69) is 15.0 Å². The van der Waals surface area contributed by atoms with Gasteiger partial charge >= 0.3 is 0 Å². The zero-order valence-corrected chi connectivity index (χ0v) is 10.1. The first-order valence-electron chi connectivity index (χ1n) is 5.77. The minimum Gasteiger partial charge on any atom is -0.303 e. The first-order valence-corrected chi connectivity index (χ1v) is 5.77. The third kappa shape index (κ3) is 1.89. The minimum atomic E-state index is -0.857. The predicted octanol–water partition coefficient (Wildman–Crippen LogP) is 2.43. The SMILES string of the molecule is Cc1nc(-c2nccc3ccccc23)[nH]c(=O)c1F. The number of H-pyrrole nitrogens is 1. The summed E-state index contributed by atoms with van der Waals surface area (Å²) in [5.74, 6) is -0.579. The van der Waals surface area contributed by atoms with Gasteiger partial charge in [0, 0.05) is 11.6 Å². The van der Waals surface area contributed by atoms with Crippen LogP contribution in [0.1, 0.15) is 5.69 Å². The summed E-state index contributed by atoms with van der Waals surface area (Å²) in [7, 11) is 0. The van der Waals surface area contributed by atoms with Crippen LogP contribution in [-0.4, -0.2) is 15.0 Å². The average molecular weight is 255 g/mol. The van der Waals surface area contributed by atoms with E-state index in [0.29, 0.717) is 5.69 Å². The van der Waals surface area contributed by atoms with E-state index in [9.17, 15) is 9.18 Å². The van der Waals surface area contributed by atoms with Crippen molar-refractivity contribution in [3.05, 3.63) is 58.4 Å². The molecule has 0 aliphatic rings. The van der Waals surface area contributed by atoms with Gasteiger partial charge in [-0.25, -0.2) is 4.98 Å². The van der Waals surface area contributed by atoms with E-state index in [0.717, 1.165) is 10.8 Å². The first kappa shape index (κ1) is 11.5. The number of aromatic amines is 1. The van der Waals surface area contributed by atoms with Crippen molar-refractivity contribution in [1.82, 2.24) is 15.0 Å². The van der Waals surface area contributed by atoms with Gasteiger partial charge in [0.25, 0.3) is 5.56 Å². The van der Waals surface area contributed by atoms with Crippen LogP contribution in [0.3, 0.4) is 0 Å². The average Bonchev–Trinajstić information content (AvgIpc) is 2.43. The molecule has 0 saturated carbocycles. The molecule has 4 nitrogen and oxygen atoms in total. The number of nitrogens with one attached hydrogen (secondary N) is 1. The predicted molar refractivity (Wildman–Crippen MR) is 70.3 cm³/mol. The van der Waals surface area contributed by atoms with Crippen molar-refractivity contribution in [1.29, 1.82) is 0 Å². The standard InChI is InChI=1S/C14H10FN3O/c1-8-11(15)14(19)18-13(17-8)12-10-5-3-2-4-9(10)6-7-16-12/h2-7H,1H3,(H,17,18,19). The lowest BCUT2D eigenvalue weighted by atomic mass is 10.1. The monoisotopic (exact) mass is 255 g/mol. The molecule has 0 radical (unpaired) electrons. The molecule has 0 spiro atoms. The number of benzene rings is 1. The number of pyridine rings is 1. The molecule has 94 valence electrons. The summed E-state index contributed by atoms with van der Waals surface area (Å²) < 4.78 is 13.3. The highest BCUT2D eigenvalue weighted by Crippen LogP contribution is 2.23. The first-order chi connectivity index (χ1) is 9.16. The molecule has 0 aliphatic carbocycles. The number of rotatable bonds is 1. The number of fused-ring (bicyclic) bond motifs is 1. The second kappa shape index (κ2) is 4.28. The summed E-state index contributed by atoms with van der Waals surface area (Å²) in [5, 5.41) is 1.84. The Morgan fingerprint density at radius 3 is 2.79 bits per heavy atom. The van der Waals surface area contributed by atoms with Crippen LogP contribution in [0, 0.1) is 12.7 Å². The van der Waals surface area contributed by atoms with E-state index in [1.807, 2.05) is 30.3 Å². The molecule has 0 unspecified atom stereocenters. The van der Waals surface area contributed by atoms with Gasteiger partial charge in [-0.1, -0.05) is 24.3 Å². The number of hydrogen-bond acceptors (Lipinski definition) is 3. The van der Waals surface area contributed by atoms with E-state index >= 15 is 0 Å². The molecule has 1 aromatic carbocycles. The fourth-order valence-electron chi connectivity index (χ4n) is 1.99. The molecular weight excluding hydrogens is 245 g/mol. The van der Waals surface area contributed by atoms with E-state index in [1.54, 1.807) is 6.20 Å². The number of aryl methyl sites for hydroxylation is 1. The van der Waals surface area contributed by atoms with Crippen LogP contribution in [0.25, 0.3) is 22.3 Å². The van der Waals surface area contributed by atoms with Gasteiger partial charge in [0.1, 0.15) is 5.69 Å². The molecule has 5 heteroatoms. The van der Waals surface area contributed by atoms with Crippen molar-refractivity contribution in [3.63, 3.8) is 0 Å². The molecule has 0 atom stereocenters. The van der Waals surface area contributed by atoms with Crippen LogP contribution in [-0.2, 0) is 0 Å². The summed E-state index contributed by atoms with van der Waals surface area (Å²) in [4.78, 5) is 22.2. The van der Waals surface area contributed by atoms with Crippen molar-refractivity contribution in [3.8, 4) is 11.5 Å². The van der Waals surface area contributed by atoms with Gasteiger partial charge in [-0.05, 0) is 18.4 Å². The lowest BCUT2D eigenvalue weighted by molar-refractivity contribution is 0.589.